The maximum atomic E-state index is 12.4. The van der Waals surface area contributed by atoms with Gasteiger partial charge in [0.05, 0.1) is 11.6 Å². The first kappa shape index (κ1) is 13.5. The molecule has 3 rings (SSSR count). The van der Waals surface area contributed by atoms with E-state index in [-0.39, 0.29) is 24.0 Å². The molecule has 21 heavy (non-hydrogen) atoms. The second-order valence-corrected chi connectivity index (χ2v) is 5.30. The average molecular weight is 287 g/mol. The van der Waals surface area contributed by atoms with Crippen molar-refractivity contribution in [1.82, 2.24) is 25.9 Å². The number of nitrogens with one attached hydrogen (secondary N) is 2. The molecule has 0 radical (unpaired) electrons. The van der Waals surface area contributed by atoms with Crippen LogP contribution in [0.25, 0.3) is 0 Å². The van der Waals surface area contributed by atoms with Crippen LogP contribution in [-0.4, -0.2) is 32.6 Å². The third-order valence-electron chi connectivity index (χ3n) is 3.89. The van der Waals surface area contributed by atoms with Crippen LogP contribution in [-0.2, 0) is 0 Å². The average Bonchev–Trinajstić information content (AvgIpc) is 3.08. The van der Waals surface area contributed by atoms with Gasteiger partial charge in [0.15, 0.2) is 5.82 Å². The molecule has 2 aromatic rings. The lowest BCUT2D eigenvalue weighted by Gasteiger charge is -2.12. The molecule has 7 heteroatoms. The van der Waals surface area contributed by atoms with Gasteiger partial charge in [0.25, 0.3) is 5.91 Å². The molecule has 7 nitrogen and oxygen atoms in total. The van der Waals surface area contributed by atoms with E-state index in [0.717, 1.165) is 5.56 Å². The summed E-state index contributed by atoms with van der Waals surface area (Å²) in [6.45, 7) is 5.91. The van der Waals surface area contributed by atoms with E-state index in [2.05, 4.69) is 32.9 Å². The lowest BCUT2D eigenvalue weighted by Crippen LogP contribution is -2.27. The van der Waals surface area contributed by atoms with Gasteiger partial charge in [0.2, 0.25) is 0 Å². The second-order valence-electron chi connectivity index (χ2n) is 5.30. The Morgan fingerprint density at radius 3 is 2.95 bits per heavy atom. The number of benzene rings is 1. The number of tetrazole rings is 1. The number of fused-ring (bicyclic) bond motifs is 1. The highest BCUT2D eigenvalue weighted by molar-refractivity contribution is 5.97. The standard InChI is InChI=1S/C14H17N5O2/c1-7-9(3)21-12-10(7)5-4-6-11(12)14(20)15-8(2)13-16-18-19-17-13/h4-9H,1-3H3,(H,15,20)(H,16,17,18,19). The quantitative estimate of drug-likeness (QED) is 0.894. The Kier molecular flexibility index (Phi) is 3.32. The Morgan fingerprint density at radius 2 is 2.24 bits per heavy atom. The zero-order valence-electron chi connectivity index (χ0n) is 12.1. The first-order valence-corrected chi connectivity index (χ1v) is 6.91. The van der Waals surface area contributed by atoms with Gasteiger partial charge in [-0.25, -0.2) is 0 Å². The summed E-state index contributed by atoms with van der Waals surface area (Å²) < 4.78 is 5.83. The monoisotopic (exact) mass is 287 g/mol. The molecule has 0 bridgehead atoms. The molecule has 2 heterocycles. The Morgan fingerprint density at radius 1 is 1.43 bits per heavy atom. The number of hydrogen-bond donors (Lipinski definition) is 2. The molecule has 110 valence electrons. The number of nitrogens with zero attached hydrogens (tertiary/aromatic N) is 3. The Hall–Kier alpha value is -2.44. The van der Waals surface area contributed by atoms with Crippen molar-refractivity contribution in [3.05, 3.63) is 35.2 Å². The van der Waals surface area contributed by atoms with Gasteiger partial charge in [-0.3, -0.25) is 4.79 Å². The third-order valence-corrected chi connectivity index (χ3v) is 3.89. The number of hydrogen-bond acceptors (Lipinski definition) is 5. The fourth-order valence-corrected chi connectivity index (χ4v) is 2.46. The smallest absolute Gasteiger partial charge is 0.255 e. The second kappa shape index (κ2) is 5.16. The Balaban J connectivity index is 1.84. The summed E-state index contributed by atoms with van der Waals surface area (Å²) in [5, 5.41) is 16.4. The van der Waals surface area contributed by atoms with Crippen LogP contribution in [0.1, 0.15) is 54.5 Å². The highest BCUT2D eigenvalue weighted by Gasteiger charge is 2.31. The van der Waals surface area contributed by atoms with E-state index in [9.17, 15) is 4.79 Å². The molecule has 3 unspecified atom stereocenters. The van der Waals surface area contributed by atoms with Crippen LogP contribution in [0.5, 0.6) is 5.75 Å². The number of rotatable bonds is 3. The van der Waals surface area contributed by atoms with Gasteiger partial charge >= 0.3 is 0 Å². The summed E-state index contributed by atoms with van der Waals surface area (Å²) in [5.41, 5.74) is 1.61. The van der Waals surface area contributed by atoms with Crippen molar-refractivity contribution in [2.24, 2.45) is 0 Å². The van der Waals surface area contributed by atoms with Crippen molar-refractivity contribution in [3.63, 3.8) is 0 Å². The summed E-state index contributed by atoms with van der Waals surface area (Å²) in [4.78, 5) is 12.4. The molecule has 1 aliphatic heterocycles. The summed E-state index contributed by atoms with van der Waals surface area (Å²) in [6.07, 6.45) is 0.0728. The molecule has 1 aliphatic rings. The van der Waals surface area contributed by atoms with E-state index in [1.807, 2.05) is 19.1 Å². The van der Waals surface area contributed by atoms with Crippen LogP contribution >= 0.6 is 0 Å². The predicted molar refractivity (Wildman–Crippen MR) is 75.0 cm³/mol. The van der Waals surface area contributed by atoms with Gasteiger partial charge in [-0.15, -0.1) is 10.2 Å². The van der Waals surface area contributed by atoms with Gasteiger partial charge in [-0.2, -0.15) is 5.21 Å². The number of aromatic amines is 1. The number of aromatic nitrogens is 4. The summed E-state index contributed by atoms with van der Waals surface area (Å²) >= 11 is 0. The summed E-state index contributed by atoms with van der Waals surface area (Å²) in [6, 6.07) is 5.32. The van der Waals surface area contributed by atoms with E-state index >= 15 is 0 Å². The zero-order chi connectivity index (χ0) is 15.0. The normalized spacial score (nSPS) is 21.5. The van der Waals surface area contributed by atoms with Gasteiger partial charge in [0.1, 0.15) is 11.9 Å². The van der Waals surface area contributed by atoms with Crippen LogP contribution in [0.15, 0.2) is 18.2 Å². The van der Waals surface area contributed by atoms with Crippen LogP contribution in [0.2, 0.25) is 0 Å². The number of H-pyrrole nitrogens is 1. The molecular formula is C14H17N5O2. The van der Waals surface area contributed by atoms with Gasteiger partial charge in [-0.05, 0) is 19.9 Å². The molecule has 3 atom stereocenters. The largest absolute Gasteiger partial charge is 0.489 e. The molecular weight excluding hydrogens is 270 g/mol. The molecule has 0 spiro atoms. The van der Waals surface area contributed by atoms with Crippen molar-refractivity contribution in [2.75, 3.05) is 0 Å². The van der Waals surface area contributed by atoms with Crippen molar-refractivity contribution >= 4 is 5.91 Å². The Labute approximate surface area is 122 Å². The maximum Gasteiger partial charge on any atom is 0.255 e. The highest BCUT2D eigenvalue weighted by Crippen LogP contribution is 2.40. The molecule has 1 amide bonds. The Bertz CT molecular complexity index is 655. The summed E-state index contributed by atoms with van der Waals surface area (Å²) in [5.74, 6) is 1.20. The minimum Gasteiger partial charge on any atom is -0.489 e. The first-order chi connectivity index (χ1) is 10.1. The minimum atomic E-state index is -0.330. The van der Waals surface area contributed by atoms with E-state index in [0.29, 0.717) is 17.1 Å². The fourth-order valence-electron chi connectivity index (χ4n) is 2.46. The van der Waals surface area contributed by atoms with E-state index in [1.54, 1.807) is 13.0 Å². The molecule has 0 saturated heterocycles. The highest BCUT2D eigenvalue weighted by atomic mass is 16.5. The molecule has 2 N–H and O–H groups in total. The van der Waals surface area contributed by atoms with Gasteiger partial charge in [0, 0.05) is 11.5 Å². The van der Waals surface area contributed by atoms with E-state index in [1.165, 1.54) is 0 Å². The topological polar surface area (TPSA) is 92.8 Å². The lowest BCUT2D eigenvalue weighted by molar-refractivity contribution is 0.0933. The maximum absolute atomic E-state index is 12.4. The SMILES string of the molecule is CC(NC(=O)c1cccc2c1OC(C)C2C)c1nn[nH]n1. The van der Waals surface area contributed by atoms with E-state index in [4.69, 9.17) is 4.74 Å². The van der Waals surface area contributed by atoms with Crippen molar-refractivity contribution < 1.29 is 9.53 Å². The lowest BCUT2D eigenvalue weighted by atomic mass is 9.97. The van der Waals surface area contributed by atoms with Crippen LogP contribution in [0.4, 0.5) is 0 Å². The molecule has 1 aromatic heterocycles. The number of para-hydroxylation sites is 1. The van der Waals surface area contributed by atoms with Crippen molar-refractivity contribution in [2.45, 2.75) is 38.8 Å². The zero-order valence-corrected chi connectivity index (χ0v) is 12.1. The number of carbonyl (C=O) groups is 1. The van der Waals surface area contributed by atoms with Crippen LogP contribution in [0, 0.1) is 0 Å². The van der Waals surface area contributed by atoms with Crippen LogP contribution in [0.3, 0.4) is 0 Å². The van der Waals surface area contributed by atoms with Gasteiger partial charge in [-0.1, -0.05) is 24.3 Å². The van der Waals surface area contributed by atoms with E-state index < -0.39 is 0 Å². The first-order valence-electron chi connectivity index (χ1n) is 6.91. The molecule has 0 fully saturated rings. The summed E-state index contributed by atoms with van der Waals surface area (Å²) in [7, 11) is 0. The van der Waals surface area contributed by atoms with Crippen molar-refractivity contribution in [3.8, 4) is 5.75 Å². The van der Waals surface area contributed by atoms with Crippen LogP contribution < -0.4 is 10.1 Å². The number of amides is 1. The predicted octanol–water partition coefficient (Wildman–Crippen LogP) is 1.58. The number of ether oxygens (including phenoxy) is 1. The molecule has 1 aromatic carbocycles. The number of carbonyl (C=O) groups excluding carboxylic acids is 1. The third kappa shape index (κ3) is 2.35. The fraction of sp³-hybridized carbons (Fsp3) is 0.429. The van der Waals surface area contributed by atoms with Crippen molar-refractivity contribution in [1.29, 1.82) is 0 Å². The minimum absolute atomic E-state index is 0.0728. The molecule has 0 aliphatic carbocycles. The van der Waals surface area contributed by atoms with Gasteiger partial charge < -0.3 is 10.1 Å². The molecule has 0 saturated carbocycles.